The van der Waals surface area contributed by atoms with Gasteiger partial charge in [-0.05, 0) is 48.2 Å². The van der Waals surface area contributed by atoms with Crippen LogP contribution in [0.2, 0.25) is 0 Å². The summed E-state index contributed by atoms with van der Waals surface area (Å²) in [6.45, 7) is 3.96. The van der Waals surface area contributed by atoms with Crippen LogP contribution in [-0.2, 0) is 16.0 Å². The van der Waals surface area contributed by atoms with E-state index in [9.17, 15) is 9.59 Å². The Bertz CT molecular complexity index is 800. The van der Waals surface area contributed by atoms with Crippen LogP contribution in [0.3, 0.4) is 0 Å². The Kier molecular flexibility index (Phi) is 6.95. The number of hydrogen-bond donors (Lipinski definition) is 2. The quantitative estimate of drug-likeness (QED) is 0.717. The molecule has 0 aliphatic heterocycles. The minimum atomic E-state index is -0.314. The highest BCUT2D eigenvalue weighted by atomic mass is 79.9. The summed E-state index contributed by atoms with van der Waals surface area (Å²) < 4.78 is 0.922. The number of rotatable bonds is 6. The van der Waals surface area contributed by atoms with Gasteiger partial charge in [0, 0.05) is 16.2 Å². The van der Waals surface area contributed by atoms with Gasteiger partial charge in [0.05, 0.1) is 6.54 Å². The van der Waals surface area contributed by atoms with Gasteiger partial charge in [-0.3, -0.25) is 9.59 Å². The maximum Gasteiger partial charge on any atom is 0.244 e. The van der Waals surface area contributed by atoms with Crippen molar-refractivity contribution in [2.24, 2.45) is 0 Å². The SMILES string of the molecule is CCc1ccccc1NC(=O)CNC(=O)/C=C/c1ccc(C)cc1Br. The first kappa shape index (κ1) is 18.9. The lowest BCUT2D eigenvalue weighted by molar-refractivity contribution is -0.121. The summed E-state index contributed by atoms with van der Waals surface area (Å²) in [7, 11) is 0. The van der Waals surface area contributed by atoms with Gasteiger partial charge >= 0.3 is 0 Å². The Hall–Kier alpha value is -2.40. The Morgan fingerprint density at radius 1 is 1.16 bits per heavy atom. The molecule has 2 rings (SSSR count). The number of anilines is 1. The van der Waals surface area contributed by atoms with Crippen molar-refractivity contribution < 1.29 is 9.59 Å². The Morgan fingerprint density at radius 3 is 2.64 bits per heavy atom. The molecule has 0 saturated carbocycles. The molecule has 2 amide bonds. The van der Waals surface area contributed by atoms with Crippen LogP contribution in [0.1, 0.15) is 23.6 Å². The number of aryl methyl sites for hydroxylation is 2. The van der Waals surface area contributed by atoms with Gasteiger partial charge in [-0.1, -0.05) is 53.2 Å². The number of benzene rings is 2. The molecule has 0 spiro atoms. The molecular formula is C20H21BrN2O2. The van der Waals surface area contributed by atoms with E-state index in [0.717, 1.165) is 33.3 Å². The second-order valence-electron chi connectivity index (χ2n) is 5.63. The molecule has 0 aliphatic rings. The number of carbonyl (C=O) groups is 2. The highest BCUT2D eigenvalue weighted by Crippen LogP contribution is 2.19. The van der Waals surface area contributed by atoms with Crippen LogP contribution in [0, 0.1) is 6.92 Å². The molecule has 25 heavy (non-hydrogen) atoms. The van der Waals surface area contributed by atoms with Crippen molar-refractivity contribution in [3.05, 3.63) is 69.7 Å². The van der Waals surface area contributed by atoms with Crippen molar-refractivity contribution >= 4 is 39.5 Å². The number of halogens is 1. The maximum atomic E-state index is 12.0. The minimum Gasteiger partial charge on any atom is -0.343 e. The Morgan fingerprint density at radius 2 is 1.92 bits per heavy atom. The van der Waals surface area contributed by atoms with Gasteiger partial charge in [0.1, 0.15) is 0 Å². The highest BCUT2D eigenvalue weighted by molar-refractivity contribution is 9.10. The molecule has 0 unspecified atom stereocenters. The first-order valence-corrected chi connectivity index (χ1v) is 8.88. The van der Waals surface area contributed by atoms with Gasteiger partial charge in [0.2, 0.25) is 11.8 Å². The molecule has 0 atom stereocenters. The summed E-state index contributed by atoms with van der Waals surface area (Å²) in [5.74, 6) is -0.564. The average Bonchev–Trinajstić information content (AvgIpc) is 2.59. The molecule has 5 heteroatoms. The second-order valence-corrected chi connectivity index (χ2v) is 6.49. The third-order valence-electron chi connectivity index (χ3n) is 3.67. The lowest BCUT2D eigenvalue weighted by Gasteiger charge is -2.09. The zero-order chi connectivity index (χ0) is 18.2. The molecule has 0 aliphatic carbocycles. The number of nitrogens with one attached hydrogen (secondary N) is 2. The van der Waals surface area contributed by atoms with E-state index < -0.39 is 0 Å². The highest BCUT2D eigenvalue weighted by Gasteiger charge is 2.06. The minimum absolute atomic E-state index is 0.0731. The van der Waals surface area contributed by atoms with Crippen LogP contribution in [0.15, 0.2) is 53.0 Å². The van der Waals surface area contributed by atoms with Crippen molar-refractivity contribution in [1.29, 1.82) is 0 Å². The van der Waals surface area contributed by atoms with E-state index in [-0.39, 0.29) is 18.4 Å². The van der Waals surface area contributed by atoms with Crippen molar-refractivity contribution in [3.8, 4) is 0 Å². The summed E-state index contributed by atoms with van der Waals surface area (Å²) in [5, 5.41) is 5.41. The van der Waals surface area contributed by atoms with Crippen molar-refractivity contribution in [1.82, 2.24) is 5.32 Å². The molecule has 2 N–H and O–H groups in total. The largest absolute Gasteiger partial charge is 0.343 e. The van der Waals surface area contributed by atoms with E-state index in [1.54, 1.807) is 6.08 Å². The van der Waals surface area contributed by atoms with Crippen LogP contribution >= 0.6 is 15.9 Å². The molecule has 0 aromatic heterocycles. The third kappa shape index (κ3) is 5.87. The van der Waals surface area contributed by atoms with Crippen molar-refractivity contribution in [2.45, 2.75) is 20.3 Å². The molecule has 130 valence electrons. The Balaban J connectivity index is 1.87. The van der Waals surface area contributed by atoms with Crippen LogP contribution in [-0.4, -0.2) is 18.4 Å². The molecule has 0 heterocycles. The standard InChI is InChI=1S/C20H21BrN2O2/c1-3-15-6-4-5-7-18(15)23-20(25)13-22-19(24)11-10-16-9-8-14(2)12-17(16)21/h4-12H,3,13H2,1-2H3,(H,22,24)(H,23,25)/b11-10+. The molecule has 2 aromatic carbocycles. The number of hydrogen-bond acceptors (Lipinski definition) is 2. The van der Waals surface area contributed by atoms with Crippen LogP contribution in [0.4, 0.5) is 5.69 Å². The van der Waals surface area contributed by atoms with Gasteiger partial charge in [-0.15, -0.1) is 0 Å². The predicted molar refractivity (Wildman–Crippen MR) is 105 cm³/mol. The lowest BCUT2D eigenvalue weighted by Crippen LogP contribution is -2.31. The smallest absolute Gasteiger partial charge is 0.244 e. The van der Waals surface area contributed by atoms with Gasteiger partial charge < -0.3 is 10.6 Å². The van der Waals surface area contributed by atoms with Crippen LogP contribution < -0.4 is 10.6 Å². The first-order valence-electron chi connectivity index (χ1n) is 8.09. The van der Waals surface area contributed by atoms with Crippen molar-refractivity contribution in [2.75, 3.05) is 11.9 Å². The van der Waals surface area contributed by atoms with Gasteiger partial charge in [0.25, 0.3) is 0 Å². The fourth-order valence-electron chi connectivity index (χ4n) is 2.30. The molecule has 4 nitrogen and oxygen atoms in total. The monoisotopic (exact) mass is 400 g/mol. The van der Waals surface area contributed by atoms with E-state index >= 15 is 0 Å². The zero-order valence-corrected chi connectivity index (χ0v) is 15.9. The molecular weight excluding hydrogens is 380 g/mol. The normalized spacial score (nSPS) is 10.7. The number of amides is 2. The molecule has 0 saturated heterocycles. The maximum absolute atomic E-state index is 12.0. The third-order valence-corrected chi connectivity index (χ3v) is 4.35. The Labute approximate surface area is 156 Å². The van der Waals surface area contributed by atoms with E-state index in [1.165, 1.54) is 6.08 Å². The number of para-hydroxylation sites is 1. The summed E-state index contributed by atoms with van der Waals surface area (Å²) in [6, 6.07) is 13.5. The summed E-state index contributed by atoms with van der Waals surface area (Å²) >= 11 is 3.46. The fraction of sp³-hybridized carbons (Fsp3) is 0.200. The van der Waals surface area contributed by atoms with Crippen LogP contribution in [0.25, 0.3) is 6.08 Å². The first-order chi connectivity index (χ1) is 12.0. The van der Waals surface area contributed by atoms with E-state index in [0.29, 0.717) is 0 Å². The topological polar surface area (TPSA) is 58.2 Å². The van der Waals surface area contributed by atoms with Gasteiger partial charge in [-0.2, -0.15) is 0 Å². The lowest BCUT2D eigenvalue weighted by atomic mass is 10.1. The van der Waals surface area contributed by atoms with E-state index in [2.05, 4.69) is 26.6 Å². The fourth-order valence-corrected chi connectivity index (χ4v) is 2.93. The number of carbonyl (C=O) groups excluding carboxylic acids is 2. The average molecular weight is 401 g/mol. The van der Waals surface area contributed by atoms with E-state index in [4.69, 9.17) is 0 Å². The van der Waals surface area contributed by atoms with Gasteiger partial charge in [0.15, 0.2) is 0 Å². The van der Waals surface area contributed by atoms with Crippen molar-refractivity contribution in [3.63, 3.8) is 0 Å². The van der Waals surface area contributed by atoms with Crippen LogP contribution in [0.5, 0.6) is 0 Å². The molecule has 0 radical (unpaired) electrons. The summed E-state index contributed by atoms with van der Waals surface area (Å²) in [4.78, 5) is 23.9. The molecule has 0 fully saturated rings. The summed E-state index contributed by atoms with van der Waals surface area (Å²) in [6.07, 6.45) is 3.96. The molecule has 0 bridgehead atoms. The summed E-state index contributed by atoms with van der Waals surface area (Å²) in [5.41, 5.74) is 3.88. The predicted octanol–water partition coefficient (Wildman–Crippen LogP) is 4.09. The molecule has 2 aromatic rings. The second kappa shape index (κ2) is 9.18. The van der Waals surface area contributed by atoms with E-state index in [1.807, 2.05) is 56.3 Å². The van der Waals surface area contributed by atoms with Gasteiger partial charge in [-0.25, -0.2) is 0 Å². The zero-order valence-electron chi connectivity index (χ0n) is 14.3.